The summed E-state index contributed by atoms with van der Waals surface area (Å²) in [6.45, 7) is 4.03. The minimum absolute atomic E-state index is 0.265. The summed E-state index contributed by atoms with van der Waals surface area (Å²) in [6, 6.07) is 10.2. The molecule has 0 unspecified atom stereocenters. The predicted octanol–water partition coefficient (Wildman–Crippen LogP) is 3.32. The van der Waals surface area contributed by atoms with Crippen molar-refractivity contribution in [3.05, 3.63) is 36.3 Å². The third kappa shape index (κ3) is 3.79. The van der Waals surface area contributed by atoms with Gasteiger partial charge in [0, 0.05) is 4.90 Å². The van der Waals surface area contributed by atoms with Gasteiger partial charge in [0.05, 0.1) is 6.10 Å². The van der Waals surface area contributed by atoms with Crippen LogP contribution in [0.5, 0.6) is 0 Å². The molecule has 0 N–H and O–H groups in total. The lowest BCUT2D eigenvalue weighted by Gasteiger charge is -2.05. The van der Waals surface area contributed by atoms with Crippen LogP contribution in [0.15, 0.2) is 35.2 Å². The summed E-state index contributed by atoms with van der Waals surface area (Å²) in [5.41, 5.74) is 0. The van der Waals surface area contributed by atoms with Crippen molar-refractivity contribution in [3.63, 3.8) is 0 Å². The molecule has 65 valence electrons. The fourth-order valence-corrected chi connectivity index (χ4v) is 1.40. The third-order valence-electron chi connectivity index (χ3n) is 1.26. The van der Waals surface area contributed by atoms with Gasteiger partial charge >= 0.3 is 0 Å². The van der Waals surface area contributed by atoms with Crippen LogP contribution in [0.1, 0.15) is 13.8 Å². The Hall–Kier alpha value is -0.470. The van der Waals surface area contributed by atoms with Gasteiger partial charge in [0.15, 0.2) is 0 Å². The number of benzene rings is 1. The maximum Gasteiger partial charge on any atom is 0.143 e. The van der Waals surface area contributed by atoms with E-state index in [0.29, 0.717) is 0 Å². The highest BCUT2D eigenvalue weighted by molar-refractivity contribution is 8.01. The second-order valence-corrected chi connectivity index (χ2v) is 3.61. The van der Waals surface area contributed by atoms with Crippen LogP contribution in [0.2, 0.25) is 0 Å². The molecule has 2 heteroatoms. The van der Waals surface area contributed by atoms with Gasteiger partial charge in [-0.2, -0.15) is 0 Å². The van der Waals surface area contributed by atoms with E-state index in [1.807, 2.05) is 32.0 Å². The van der Waals surface area contributed by atoms with E-state index in [-0.39, 0.29) is 6.10 Å². The highest BCUT2D eigenvalue weighted by atomic mass is 32.2. The van der Waals surface area contributed by atoms with Crippen LogP contribution in [-0.4, -0.2) is 6.10 Å². The molecule has 0 amide bonds. The molecule has 0 aliphatic carbocycles. The molecule has 0 saturated heterocycles. The van der Waals surface area contributed by atoms with E-state index in [4.69, 9.17) is 4.74 Å². The first kappa shape index (κ1) is 9.62. The average molecular weight is 181 g/mol. The first-order valence-electron chi connectivity index (χ1n) is 3.98. The maximum absolute atomic E-state index is 5.28. The SMILES string of the molecule is CC(C)O[CH]Sc1ccccc1. The molecule has 0 heterocycles. The molecule has 1 rings (SSSR count). The number of hydrogen-bond acceptors (Lipinski definition) is 2. The average Bonchev–Trinajstić information content (AvgIpc) is 2.05. The Kier molecular flexibility index (Phi) is 4.19. The van der Waals surface area contributed by atoms with Gasteiger partial charge in [0.25, 0.3) is 0 Å². The van der Waals surface area contributed by atoms with Crippen molar-refractivity contribution < 1.29 is 4.74 Å². The molecule has 0 bridgehead atoms. The zero-order chi connectivity index (χ0) is 8.81. The van der Waals surface area contributed by atoms with E-state index in [1.165, 1.54) is 4.90 Å². The Morgan fingerprint density at radius 2 is 1.92 bits per heavy atom. The van der Waals surface area contributed by atoms with E-state index in [0.717, 1.165) is 0 Å². The van der Waals surface area contributed by atoms with Gasteiger partial charge in [-0.1, -0.05) is 30.0 Å². The molecule has 0 saturated carbocycles. The van der Waals surface area contributed by atoms with E-state index in [2.05, 4.69) is 12.1 Å². The second kappa shape index (κ2) is 5.22. The lowest BCUT2D eigenvalue weighted by atomic mass is 10.4. The van der Waals surface area contributed by atoms with Gasteiger partial charge in [0.2, 0.25) is 0 Å². The Morgan fingerprint density at radius 3 is 2.50 bits per heavy atom. The van der Waals surface area contributed by atoms with Crippen LogP contribution in [0.4, 0.5) is 0 Å². The molecular weight excluding hydrogens is 168 g/mol. The molecule has 0 aliphatic rings. The fourth-order valence-electron chi connectivity index (χ4n) is 0.694. The molecule has 0 aromatic heterocycles. The Morgan fingerprint density at radius 1 is 1.25 bits per heavy atom. The summed E-state index contributed by atoms with van der Waals surface area (Å²) in [6.07, 6.45) is 0.265. The quantitative estimate of drug-likeness (QED) is 0.659. The van der Waals surface area contributed by atoms with E-state index < -0.39 is 0 Å². The number of rotatable bonds is 4. The monoisotopic (exact) mass is 181 g/mol. The normalized spacial score (nSPS) is 10.6. The fraction of sp³-hybridized carbons (Fsp3) is 0.300. The molecule has 0 aliphatic heterocycles. The summed E-state index contributed by atoms with van der Waals surface area (Å²) in [5, 5.41) is 0. The summed E-state index contributed by atoms with van der Waals surface area (Å²) in [4.78, 5) is 1.21. The zero-order valence-electron chi connectivity index (χ0n) is 7.36. The number of hydrogen-bond donors (Lipinski definition) is 0. The van der Waals surface area contributed by atoms with E-state index in [9.17, 15) is 0 Å². The zero-order valence-corrected chi connectivity index (χ0v) is 8.17. The maximum atomic E-state index is 5.28. The molecule has 0 fully saturated rings. The van der Waals surface area contributed by atoms with Gasteiger partial charge in [-0.3, -0.25) is 0 Å². The second-order valence-electron chi connectivity index (χ2n) is 2.71. The molecule has 1 aromatic rings. The Labute approximate surface area is 78.1 Å². The Bertz CT molecular complexity index is 208. The van der Waals surface area contributed by atoms with Gasteiger partial charge in [-0.05, 0) is 26.0 Å². The van der Waals surface area contributed by atoms with Crippen molar-refractivity contribution in [1.29, 1.82) is 0 Å². The molecular formula is C10H13OS. The van der Waals surface area contributed by atoms with Gasteiger partial charge < -0.3 is 4.74 Å². The smallest absolute Gasteiger partial charge is 0.143 e. The summed E-state index contributed by atoms with van der Waals surface area (Å²) < 4.78 is 5.28. The molecule has 12 heavy (non-hydrogen) atoms. The lowest BCUT2D eigenvalue weighted by Crippen LogP contribution is -1.96. The van der Waals surface area contributed by atoms with Crippen LogP contribution in [0, 0.1) is 5.94 Å². The largest absolute Gasteiger partial charge is 0.361 e. The molecule has 1 aromatic carbocycles. The summed E-state index contributed by atoms with van der Waals surface area (Å²) >= 11 is 1.60. The molecule has 0 atom stereocenters. The van der Waals surface area contributed by atoms with Crippen LogP contribution in [0.25, 0.3) is 0 Å². The standard InChI is InChI=1S/C10H13OS/c1-9(2)11-8-12-10-6-4-3-5-7-10/h3-9H,1-2H3. The van der Waals surface area contributed by atoms with Crippen molar-refractivity contribution in [1.82, 2.24) is 0 Å². The van der Waals surface area contributed by atoms with Crippen LogP contribution in [0.3, 0.4) is 0 Å². The minimum atomic E-state index is 0.265. The highest BCUT2D eigenvalue weighted by Gasteiger charge is 1.95. The number of ether oxygens (including phenoxy) is 1. The van der Waals surface area contributed by atoms with Gasteiger partial charge in [-0.25, -0.2) is 0 Å². The van der Waals surface area contributed by atoms with Gasteiger partial charge in [-0.15, -0.1) is 0 Å². The summed E-state index contributed by atoms with van der Waals surface area (Å²) in [7, 11) is 0. The van der Waals surface area contributed by atoms with Crippen LogP contribution >= 0.6 is 11.8 Å². The van der Waals surface area contributed by atoms with Crippen molar-refractivity contribution in [2.45, 2.75) is 24.8 Å². The van der Waals surface area contributed by atoms with E-state index in [1.54, 1.807) is 17.7 Å². The Balaban J connectivity index is 2.25. The number of thioether (sulfide) groups is 1. The van der Waals surface area contributed by atoms with Crippen molar-refractivity contribution in [2.75, 3.05) is 0 Å². The van der Waals surface area contributed by atoms with Crippen molar-refractivity contribution in [3.8, 4) is 0 Å². The van der Waals surface area contributed by atoms with Crippen LogP contribution < -0.4 is 0 Å². The minimum Gasteiger partial charge on any atom is -0.361 e. The topological polar surface area (TPSA) is 9.23 Å². The van der Waals surface area contributed by atoms with Gasteiger partial charge in [0.1, 0.15) is 5.94 Å². The summed E-state index contributed by atoms with van der Waals surface area (Å²) in [5.74, 6) is 1.78. The lowest BCUT2D eigenvalue weighted by molar-refractivity contribution is 0.162. The van der Waals surface area contributed by atoms with Crippen LogP contribution in [-0.2, 0) is 4.74 Å². The first-order chi connectivity index (χ1) is 5.79. The predicted molar refractivity (Wildman–Crippen MR) is 52.8 cm³/mol. The molecule has 1 nitrogen and oxygen atoms in total. The molecule has 0 spiro atoms. The molecule has 1 radical (unpaired) electrons. The first-order valence-corrected chi connectivity index (χ1v) is 4.86. The van der Waals surface area contributed by atoms with Crippen molar-refractivity contribution in [2.24, 2.45) is 0 Å². The van der Waals surface area contributed by atoms with Crippen molar-refractivity contribution >= 4 is 11.8 Å². The third-order valence-corrected chi connectivity index (χ3v) is 2.01. The van der Waals surface area contributed by atoms with E-state index >= 15 is 0 Å². The highest BCUT2D eigenvalue weighted by Crippen LogP contribution is 2.20.